The smallest absolute Gasteiger partial charge is 0.128 e. The molecule has 3 heteroatoms. The van der Waals surface area contributed by atoms with Crippen LogP contribution in [0.1, 0.15) is 91.1 Å². The first kappa shape index (κ1) is 33.8. The van der Waals surface area contributed by atoms with E-state index in [4.69, 9.17) is 9.47 Å². The maximum absolute atomic E-state index is 10.5. The Morgan fingerprint density at radius 3 is 1.77 bits per heavy atom. The van der Waals surface area contributed by atoms with E-state index in [1.165, 1.54) is 16.7 Å². The van der Waals surface area contributed by atoms with Gasteiger partial charge in [0.25, 0.3) is 0 Å². The molecule has 0 aromatic heterocycles. The average molecular weight is 581 g/mol. The summed E-state index contributed by atoms with van der Waals surface area (Å²) in [6, 6.07) is 8.71. The van der Waals surface area contributed by atoms with Crippen molar-refractivity contribution in [1.82, 2.24) is 0 Å². The lowest BCUT2D eigenvalue weighted by Gasteiger charge is -2.33. The summed E-state index contributed by atoms with van der Waals surface area (Å²) in [4.78, 5) is 0. The van der Waals surface area contributed by atoms with Crippen molar-refractivity contribution in [2.45, 2.75) is 108 Å². The minimum Gasteiger partial charge on any atom is -0.507 e. The number of benzene rings is 3. The van der Waals surface area contributed by atoms with E-state index in [1.54, 1.807) is 0 Å². The van der Waals surface area contributed by atoms with Crippen molar-refractivity contribution < 1.29 is 14.6 Å². The lowest BCUT2D eigenvalue weighted by molar-refractivity contribution is 0.103. The summed E-state index contributed by atoms with van der Waals surface area (Å²) in [6.07, 6.45) is 8.80. The molecule has 1 N–H and O–H groups in total. The fourth-order valence-corrected chi connectivity index (χ4v) is 5.96. The second-order valence-electron chi connectivity index (χ2n) is 13.2. The van der Waals surface area contributed by atoms with Crippen molar-refractivity contribution in [2.75, 3.05) is 0 Å². The molecule has 3 nitrogen and oxygen atoms in total. The molecule has 0 amide bonds. The number of hydrogen-bond acceptors (Lipinski definition) is 3. The molecule has 0 aliphatic heterocycles. The van der Waals surface area contributed by atoms with Gasteiger partial charge in [0.2, 0.25) is 0 Å². The lowest BCUT2D eigenvalue weighted by Crippen LogP contribution is -2.30. The van der Waals surface area contributed by atoms with Gasteiger partial charge in [0.05, 0.1) is 0 Å². The molecular weight excluding hydrogens is 528 g/mol. The van der Waals surface area contributed by atoms with Crippen LogP contribution in [0, 0.1) is 55.4 Å². The Balaban J connectivity index is 1.97. The molecule has 0 atom stereocenters. The molecule has 43 heavy (non-hydrogen) atoms. The molecule has 3 rings (SSSR count). The molecule has 0 aliphatic rings. The predicted molar refractivity (Wildman–Crippen MR) is 184 cm³/mol. The van der Waals surface area contributed by atoms with E-state index in [0.29, 0.717) is 5.75 Å². The molecule has 230 valence electrons. The molecule has 0 fully saturated rings. The van der Waals surface area contributed by atoms with Crippen LogP contribution in [0.25, 0.3) is 11.1 Å². The number of phenols is 1. The number of hydrogen-bond donors (Lipinski definition) is 1. The van der Waals surface area contributed by atoms with Gasteiger partial charge < -0.3 is 14.6 Å². The van der Waals surface area contributed by atoms with Crippen LogP contribution in [-0.2, 0) is 5.60 Å². The molecule has 0 radical (unpaired) electrons. The number of aryl methyl sites for hydroxylation is 4. The fourth-order valence-electron chi connectivity index (χ4n) is 5.96. The van der Waals surface area contributed by atoms with E-state index >= 15 is 0 Å². The highest BCUT2D eigenvalue weighted by Gasteiger charge is 2.29. The Labute approximate surface area is 261 Å². The largest absolute Gasteiger partial charge is 0.507 e. The summed E-state index contributed by atoms with van der Waals surface area (Å²) in [5, 5.41) is 10.5. The molecule has 0 heterocycles. The Bertz CT molecular complexity index is 1570. The van der Waals surface area contributed by atoms with Crippen LogP contribution in [0.4, 0.5) is 0 Å². The van der Waals surface area contributed by atoms with Gasteiger partial charge in [-0.2, -0.15) is 0 Å². The van der Waals surface area contributed by atoms with Gasteiger partial charge in [0.15, 0.2) is 0 Å². The number of rotatable bonds is 10. The zero-order chi connectivity index (χ0) is 32.4. The van der Waals surface area contributed by atoms with Crippen molar-refractivity contribution in [3.63, 3.8) is 0 Å². The molecular formula is C40H52O3. The highest BCUT2D eigenvalue weighted by atomic mass is 16.5. The van der Waals surface area contributed by atoms with Gasteiger partial charge in [-0.05, 0) is 181 Å². The second kappa shape index (κ2) is 12.9. The summed E-state index contributed by atoms with van der Waals surface area (Å²) in [7, 11) is 0. The Hall–Kier alpha value is -3.72. The molecule has 0 saturated heterocycles. The third-order valence-corrected chi connectivity index (χ3v) is 8.61. The van der Waals surface area contributed by atoms with Crippen LogP contribution in [-0.4, -0.2) is 10.7 Å². The molecule has 0 aliphatic carbocycles. The van der Waals surface area contributed by atoms with Crippen LogP contribution < -0.4 is 9.47 Å². The number of aromatic hydroxyl groups is 1. The predicted octanol–water partition coefficient (Wildman–Crippen LogP) is 11.1. The van der Waals surface area contributed by atoms with Crippen molar-refractivity contribution >= 4 is 0 Å². The molecule has 0 bridgehead atoms. The Morgan fingerprint density at radius 2 is 1.23 bits per heavy atom. The van der Waals surface area contributed by atoms with Crippen LogP contribution in [0.2, 0.25) is 0 Å². The summed E-state index contributed by atoms with van der Waals surface area (Å²) < 4.78 is 13.5. The van der Waals surface area contributed by atoms with Gasteiger partial charge in [-0.1, -0.05) is 30.9 Å². The maximum Gasteiger partial charge on any atom is 0.128 e. The highest BCUT2D eigenvalue weighted by Crippen LogP contribution is 2.42. The van der Waals surface area contributed by atoms with Gasteiger partial charge in [0, 0.05) is 6.42 Å². The van der Waals surface area contributed by atoms with Crippen LogP contribution >= 0.6 is 0 Å². The first-order valence-electron chi connectivity index (χ1n) is 15.3. The van der Waals surface area contributed by atoms with Crippen LogP contribution in [0.3, 0.4) is 0 Å². The molecule has 3 aromatic rings. The monoisotopic (exact) mass is 580 g/mol. The third kappa shape index (κ3) is 7.26. The molecule has 0 saturated carbocycles. The summed E-state index contributed by atoms with van der Waals surface area (Å²) >= 11 is 0. The van der Waals surface area contributed by atoms with Gasteiger partial charge in [-0.15, -0.1) is 0 Å². The average Bonchev–Trinajstić information content (AvgIpc) is 2.91. The first-order valence-corrected chi connectivity index (χ1v) is 15.3. The normalized spacial score (nSPS) is 12.6. The second-order valence-corrected chi connectivity index (χ2v) is 13.2. The van der Waals surface area contributed by atoms with E-state index in [9.17, 15) is 5.11 Å². The Kier molecular flexibility index (Phi) is 10.1. The van der Waals surface area contributed by atoms with Crippen molar-refractivity contribution in [3.05, 3.63) is 111 Å². The van der Waals surface area contributed by atoms with E-state index < -0.39 is 11.2 Å². The lowest BCUT2D eigenvalue weighted by atomic mass is 9.88. The maximum atomic E-state index is 10.5. The van der Waals surface area contributed by atoms with E-state index in [0.717, 1.165) is 68.0 Å². The van der Waals surface area contributed by atoms with Gasteiger partial charge in [-0.25, -0.2) is 0 Å². The third-order valence-electron chi connectivity index (χ3n) is 8.61. The highest BCUT2D eigenvalue weighted by molar-refractivity contribution is 5.77. The number of phenolic OH excluding ortho intramolecular Hbond substituents is 1. The first-order chi connectivity index (χ1) is 19.9. The summed E-state index contributed by atoms with van der Waals surface area (Å²) in [6.45, 7) is 31.1. The topological polar surface area (TPSA) is 38.7 Å². The Morgan fingerprint density at radius 1 is 0.721 bits per heavy atom. The van der Waals surface area contributed by atoms with Gasteiger partial charge in [0.1, 0.15) is 28.5 Å². The van der Waals surface area contributed by atoms with Crippen molar-refractivity contribution in [2.24, 2.45) is 0 Å². The quantitative estimate of drug-likeness (QED) is 0.242. The van der Waals surface area contributed by atoms with E-state index in [2.05, 4.69) is 106 Å². The number of allylic oxidation sites excluding steroid dienone is 4. The summed E-state index contributed by atoms with van der Waals surface area (Å²) in [5.41, 5.74) is 12.2. The van der Waals surface area contributed by atoms with Crippen LogP contribution in [0.5, 0.6) is 17.2 Å². The fraction of sp³-hybridized carbons (Fsp3) is 0.400. The molecule has 0 spiro atoms. The van der Waals surface area contributed by atoms with Gasteiger partial charge in [-0.3, -0.25) is 0 Å². The van der Waals surface area contributed by atoms with Crippen molar-refractivity contribution in [1.29, 1.82) is 0 Å². The van der Waals surface area contributed by atoms with Gasteiger partial charge >= 0.3 is 0 Å². The zero-order valence-corrected chi connectivity index (χ0v) is 28.8. The minimum atomic E-state index is -0.569. The minimum absolute atomic E-state index is 0.377. The SMILES string of the molecule is C=C/C=C(\C=C/C)CC(C)(C)Oc1c(C)cc(C(C)(C)Oc2c(C)cc(-c3cc(C)c(O)c(C)c3C)c(C)c2C)cc1C. The van der Waals surface area contributed by atoms with E-state index in [-0.39, 0.29) is 0 Å². The van der Waals surface area contributed by atoms with Crippen LogP contribution in [0.15, 0.2) is 60.7 Å². The standard InChI is InChI=1S/C40H52O3/c1-15-17-32(18-16-2)23-39(11,12)42-37-25(4)19-33(20-26(37)5)40(13,14)43-38-27(6)22-35(29(8)31(38)10)34-21-24(3)36(41)30(9)28(34)7/h15-22,41H,1,23H2,2-14H3/b18-16-,32-17+. The molecule has 0 unspecified atom stereocenters. The van der Waals surface area contributed by atoms with E-state index in [1.807, 2.05) is 39.0 Å². The zero-order valence-electron chi connectivity index (χ0n) is 28.8. The summed E-state index contributed by atoms with van der Waals surface area (Å²) in [5.74, 6) is 2.21. The van der Waals surface area contributed by atoms with Crippen molar-refractivity contribution in [3.8, 4) is 28.4 Å². The molecule has 3 aromatic carbocycles. The number of ether oxygens (including phenoxy) is 2.